The van der Waals surface area contributed by atoms with Crippen LogP contribution in [0, 0.1) is 11.8 Å². The summed E-state index contributed by atoms with van der Waals surface area (Å²) in [4.78, 5) is 33.5. The highest BCUT2D eigenvalue weighted by atomic mass is 16.5. The van der Waals surface area contributed by atoms with Gasteiger partial charge in [0, 0.05) is 12.7 Å². The maximum Gasteiger partial charge on any atom is 0.307 e. The minimum atomic E-state index is -0.937. The Labute approximate surface area is 121 Å². The molecule has 2 unspecified atom stereocenters. The van der Waals surface area contributed by atoms with Crippen molar-refractivity contribution in [1.82, 2.24) is 5.32 Å². The molecule has 1 aromatic carbocycles. The second kappa shape index (κ2) is 6.25. The Kier molecular flexibility index (Phi) is 4.42. The van der Waals surface area contributed by atoms with Crippen LogP contribution in [0.2, 0.25) is 0 Å². The first-order chi connectivity index (χ1) is 10.0. The first-order valence-electron chi connectivity index (χ1n) is 6.48. The van der Waals surface area contributed by atoms with Gasteiger partial charge >= 0.3 is 5.97 Å². The van der Waals surface area contributed by atoms with Gasteiger partial charge in [0.1, 0.15) is 5.75 Å². The molecule has 7 heteroatoms. The Morgan fingerprint density at radius 1 is 1.24 bits per heavy atom. The molecule has 112 valence electrons. The van der Waals surface area contributed by atoms with E-state index in [4.69, 9.17) is 9.84 Å². The van der Waals surface area contributed by atoms with E-state index in [0.717, 1.165) is 0 Å². The molecule has 7 nitrogen and oxygen atoms in total. The van der Waals surface area contributed by atoms with Gasteiger partial charge in [0.05, 0.1) is 11.8 Å². The summed E-state index contributed by atoms with van der Waals surface area (Å²) in [6, 6.07) is 6.52. The molecule has 0 saturated heterocycles. The van der Waals surface area contributed by atoms with Crippen LogP contribution in [0.4, 0.5) is 5.69 Å². The molecule has 1 aromatic rings. The molecule has 1 aliphatic rings. The van der Waals surface area contributed by atoms with Crippen LogP contribution < -0.4 is 15.4 Å². The van der Waals surface area contributed by atoms with E-state index in [2.05, 4.69) is 10.6 Å². The molecule has 0 heterocycles. The van der Waals surface area contributed by atoms with Crippen molar-refractivity contribution in [2.75, 3.05) is 19.0 Å². The van der Waals surface area contributed by atoms with E-state index in [0.29, 0.717) is 17.9 Å². The number of hydrogen-bond acceptors (Lipinski definition) is 4. The Balaban J connectivity index is 1.84. The lowest BCUT2D eigenvalue weighted by molar-refractivity contribution is -0.139. The van der Waals surface area contributed by atoms with Gasteiger partial charge in [0.2, 0.25) is 5.91 Å². The Morgan fingerprint density at radius 3 is 2.43 bits per heavy atom. The van der Waals surface area contributed by atoms with E-state index < -0.39 is 17.8 Å². The molecular weight excluding hydrogens is 276 g/mol. The van der Waals surface area contributed by atoms with Gasteiger partial charge < -0.3 is 20.5 Å². The molecule has 1 fully saturated rings. The standard InChI is InChI=1S/C14H16N2O5/c1-15-12(17)7-21-9-4-2-8(3-5-9)16-13(18)10-6-11(10)14(19)20/h2-5,10-11H,6-7H2,1H3,(H,15,17)(H,16,18)(H,19,20). The van der Waals surface area contributed by atoms with Gasteiger partial charge in [-0.2, -0.15) is 0 Å². The molecule has 2 amide bonds. The van der Waals surface area contributed by atoms with Crippen LogP contribution in [0.15, 0.2) is 24.3 Å². The molecule has 0 radical (unpaired) electrons. The SMILES string of the molecule is CNC(=O)COc1ccc(NC(=O)C2CC2C(=O)O)cc1. The molecule has 1 aliphatic carbocycles. The summed E-state index contributed by atoms with van der Waals surface area (Å²) in [6.45, 7) is -0.0788. The van der Waals surface area contributed by atoms with Crippen molar-refractivity contribution in [3.63, 3.8) is 0 Å². The fourth-order valence-corrected chi connectivity index (χ4v) is 1.85. The maximum atomic E-state index is 11.8. The van der Waals surface area contributed by atoms with Crippen molar-refractivity contribution < 1.29 is 24.2 Å². The van der Waals surface area contributed by atoms with Gasteiger partial charge in [-0.05, 0) is 30.7 Å². The third-order valence-electron chi connectivity index (χ3n) is 3.22. The zero-order chi connectivity index (χ0) is 15.4. The molecule has 2 rings (SSSR count). The van der Waals surface area contributed by atoms with E-state index in [9.17, 15) is 14.4 Å². The number of likely N-dealkylation sites (N-methyl/N-ethyl adjacent to an activating group) is 1. The van der Waals surface area contributed by atoms with Crippen molar-refractivity contribution in [1.29, 1.82) is 0 Å². The normalized spacial score (nSPS) is 19.5. The van der Waals surface area contributed by atoms with Crippen molar-refractivity contribution >= 4 is 23.5 Å². The number of amides is 2. The van der Waals surface area contributed by atoms with Crippen molar-refractivity contribution in [3.8, 4) is 5.75 Å². The zero-order valence-electron chi connectivity index (χ0n) is 11.5. The molecule has 0 bridgehead atoms. The number of carboxylic acid groups (broad SMARTS) is 1. The zero-order valence-corrected chi connectivity index (χ0v) is 11.5. The highest BCUT2D eigenvalue weighted by Crippen LogP contribution is 2.39. The van der Waals surface area contributed by atoms with Crippen LogP contribution in [-0.2, 0) is 14.4 Å². The number of nitrogens with one attached hydrogen (secondary N) is 2. The van der Waals surface area contributed by atoms with E-state index in [1.807, 2.05) is 0 Å². The van der Waals surface area contributed by atoms with Crippen molar-refractivity contribution in [3.05, 3.63) is 24.3 Å². The molecule has 0 aliphatic heterocycles. The van der Waals surface area contributed by atoms with Gasteiger partial charge in [0.15, 0.2) is 6.61 Å². The topological polar surface area (TPSA) is 105 Å². The minimum absolute atomic E-state index is 0.0788. The number of rotatable bonds is 6. The largest absolute Gasteiger partial charge is 0.484 e. The summed E-state index contributed by atoms with van der Waals surface area (Å²) in [5.74, 6) is -1.98. The van der Waals surface area contributed by atoms with Gasteiger partial charge in [-0.1, -0.05) is 0 Å². The predicted octanol–water partition coefficient (Wildman–Crippen LogP) is 0.471. The van der Waals surface area contributed by atoms with Crippen molar-refractivity contribution in [2.45, 2.75) is 6.42 Å². The van der Waals surface area contributed by atoms with Crippen LogP contribution in [0.5, 0.6) is 5.75 Å². The fourth-order valence-electron chi connectivity index (χ4n) is 1.85. The number of carboxylic acids is 1. The van der Waals surface area contributed by atoms with E-state index in [1.54, 1.807) is 24.3 Å². The lowest BCUT2D eigenvalue weighted by Crippen LogP contribution is -2.24. The number of ether oxygens (including phenoxy) is 1. The Hall–Kier alpha value is -2.57. The summed E-state index contributed by atoms with van der Waals surface area (Å²) in [5, 5.41) is 13.9. The molecule has 3 N–H and O–H groups in total. The van der Waals surface area contributed by atoms with Gasteiger partial charge in [0.25, 0.3) is 5.91 Å². The summed E-state index contributed by atoms with van der Waals surface area (Å²) in [7, 11) is 1.52. The molecule has 1 saturated carbocycles. The lowest BCUT2D eigenvalue weighted by Gasteiger charge is -2.07. The number of benzene rings is 1. The monoisotopic (exact) mass is 292 g/mol. The number of carbonyl (C=O) groups excluding carboxylic acids is 2. The summed E-state index contributed by atoms with van der Waals surface area (Å²) in [6.07, 6.45) is 0.383. The number of aliphatic carboxylic acids is 1. The van der Waals surface area contributed by atoms with Crippen LogP contribution in [0.3, 0.4) is 0 Å². The predicted molar refractivity (Wildman–Crippen MR) is 73.9 cm³/mol. The second-order valence-corrected chi connectivity index (χ2v) is 4.76. The number of anilines is 1. The summed E-state index contributed by atoms with van der Waals surface area (Å²) >= 11 is 0. The van der Waals surface area contributed by atoms with Gasteiger partial charge in [-0.3, -0.25) is 14.4 Å². The molecule has 0 spiro atoms. The summed E-state index contributed by atoms with van der Waals surface area (Å²) < 4.78 is 5.22. The summed E-state index contributed by atoms with van der Waals surface area (Å²) in [5.41, 5.74) is 0.559. The maximum absolute atomic E-state index is 11.8. The van der Waals surface area contributed by atoms with Crippen LogP contribution in [0.1, 0.15) is 6.42 Å². The smallest absolute Gasteiger partial charge is 0.307 e. The molecule has 2 atom stereocenters. The fraction of sp³-hybridized carbons (Fsp3) is 0.357. The van der Waals surface area contributed by atoms with Crippen LogP contribution in [-0.4, -0.2) is 36.5 Å². The van der Waals surface area contributed by atoms with Crippen LogP contribution >= 0.6 is 0 Å². The first-order valence-corrected chi connectivity index (χ1v) is 6.48. The second-order valence-electron chi connectivity index (χ2n) is 4.76. The third kappa shape index (κ3) is 3.95. The van der Waals surface area contributed by atoms with E-state index in [-0.39, 0.29) is 18.4 Å². The average molecular weight is 292 g/mol. The molecule has 0 aromatic heterocycles. The van der Waals surface area contributed by atoms with E-state index >= 15 is 0 Å². The Morgan fingerprint density at radius 2 is 1.90 bits per heavy atom. The first kappa shape index (κ1) is 14.8. The highest BCUT2D eigenvalue weighted by Gasteiger charge is 2.48. The molecule has 21 heavy (non-hydrogen) atoms. The number of hydrogen-bond donors (Lipinski definition) is 3. The average Bonchev–Trinajstić information content (AvgIpc) is 3.27. The van der Waals surface area contributed by atoms with Gasteiger partial charge in [-0.25, -0.2) is 0 Å². The third-order valence-corrected chi connectivity index (χ3v) is 3.22. The molecular formula is C14H16N2O5. The Bertz CT molecular complexity index is 555. The van der Waals surface area contributed by atoms with Crippen LogP contribution in [0.25, 0.3) is 0 Å². The minimum Gasteiger partial charge on any atom is -0.484 e. The lowest BCUT2D eigenvalue weighted by atomic mass is 10.2. The quantitative estimate of drug-likeness (QED) is 0.707. The highest BCUT2D eigenvalue weighted by molar-refractivity contribution is 5.98. The number of carbonyl (C=O) groups is 3. The van der Waals surface area contributed by atoms with Gasteiger partial charge in [-0.15, -0.1) is 0 Å². The van der Waals surface area contributed by atoms with E-state index in [1.165, 1.54) is 7.05 Å². The van der Waals surface area contributed by atoms with Crippen molar-refractivity contribution in [2.24, 2.45) is 11.8 Å².